The van der Waals surface area contributed by atoms with E-state index in [0.717, 1.165) is 4.31 Å². The van der Waals surface area contributed by atoms with E-state index in [-0.39, 0.29) is 35.3 Å². The predicted molar refractivity (Wildman–Crippen MR) is 76.9 cm³/mol. The normalized spacial score (nSPS) is 11.6. The largest absolute Gasteiger partial charge is 0.465 e. The third-order valence-corrected chi connectivity index (χ3v) is 4.94. The highest BCUT2D eigenvalue weighted by Gasteiger charge is 2.28. The predicted octanol–water partition coefficient (Wildman–Crippen LogP) is 1.50. The fourth-order valence-electron chi connectivity index (χ4n) is 1.57. The van der Waals surface area contributed by atoms with E-state index in [1.165, 1.54) is 18.2 Å². The number of hydrogen-bond acceptors (Lipinski definition) is 5. The Balaban J connectivity index is 3.12. The van der Waals surface area contributed by atoms with Gasteiger partial charge in [0.15, 0.2) is 0 Å². The van der Waals surface area contributed by atoms with Gasteiger partial charge in [-0.25, -0.2) is 8.42 Å². The van der Waals surface area contributed by atoms with E-state index < -0.39 is 16.0 Å². The number of halogens is 1. The topological polar surface area (TPSA) is 89.7 Å². The van der Waals surface area contributed by atoms with Crippen molar-refractivity contribution in [1.82, 2.24) is 4.31 Å². The Morgan fingerprint density at radius 2 is 2.05 bits per heavy atom. The van der Waals surface area contributed by atoms with Gasteiger partial charge in [-0.2, -0.15) is 4.31 Å². The highest BCUT2D eigenvalue weighted by Crippen LogP contribution is 2.26. The van der Waals surface area contributed by atoms with Gasteiger partial charge in [-0.05, 0) is 25.1 Å². The van der Waals surface area contributed by atoms with Crippen molar-refractivity contribution in [3.8, 4) is 0 Å². The fraction of sp³-hybridized carbons (Fsp3) is 0.417. The van der Waals surface area contributed by atoms with Crippen LogP contribution in [0.25, 0.3) is 0 Å². The van der Waals surface area contributed by atoms with Gasteiger partial charge in [0.2, 0.25) is 10.0 Å². The summed E-state index contributed by atoms with van der Waals surface area (Å²) in [5.41, 5.74) is 5.86. The molecule has 1 aromatic carbocycles. The number of ether oxygens (including phenoxy) is 1. The zero-order chi connectivity index (χ0) is 15.3. The minimum Gasteiger partial charge on any atom is -0.465 e. The first kappa shape index (κ1) is 16.7. The summed E-state index contributed by atoms with van der Waals surface area (Å²) in [5.74, 6) is -0.613. The Morgan fingerprint density at radius 1 is 1.40 bits per heavy atom. The average Bonchev–Trinajstić information content (AvgIpc) is 2.38. The molecule has 0 saturated carbocycles. The van der Waals surface area contributed by atoms with Gasteiger partial charge in [0.05, 0.1) is 11.6 Å². The number of esters is 1. The van der Waals surface area contributed by atoms with Crippen molar-refractivity contribution in [3.05, 3.63) is 23.2 Å². The summed E-state index contributed by atoms with van der Waals surface area (Å²) >= 11 is 5.90. The average molecular weight is 321 g/mol. The smallest absolute Gasteiger partial charge is 0.321 e. The van der Waals surface area contributed by atoms with Crippen LogP contribution in [-0.2, 0) is 19.6 Å². The van der Waals surface area contributed by atoms with Crippen molar-refractivity contribution >= 4 is 33.3 Å². The number of nitrogens with two attached hydrogens (primary N) is 1. The first-order valence-electron chi connectivity index (χ1n) is 6.03. The summed E-state index contributed by atoms with van der Waals surface area (Å²) in [6.45, 7) is 3.22. The maximum absolute atomic E-state index is 12.5. The zero-order valence-corrected chi connectivity index (χ0v) is 12.9. The van der Waals surface area contributed by atoms with Gasteiger partial charge in [-0.15, -0.1) is 0 Å². The summed E-state index contributed by atoms with van der Waals surface area (Å²) in [7, 11) is -3.90. The van der Waals surface area contributed by atoms with Gasteiger partial charge in [-0.1, -0.05) is 18.5 Å². The maximum Gasteiger partial charge on any atom is 0.321 e. The number of carbonyl (C=O) groups is 1. The van der Waals surface area contributed by atoms with E-state index >= 15 is 0 Å². The molecule has 1 aromatic rings. The third kappa shape index (κ3) is 3.84. The van der Waals surface area contributed by atoms with Crippen molar-refractivity contribution in [2.24, 2.45) is 0 Å². The molecule has 0 atom stereocenters. The molecule has 0 radical (unpaired) electrons. The van der Waals surface area contributed by atoms with E-state index in [0.29, 0.717) is 0 Å². The Hall–Kier alpha value is -1.31. The highest BCUT2D eigenvalue weighted by atomic mass is 35.5. The van der Waals surface area contributed by atoms with Gasteiger partial charge < -0.3 is 10.5 Å². The molecule has 6 nitrogen and oxygen atoms in total. The molecule has 0 saturated heterocycles. The molecule has 0 heterocycles. The van der Waals surface area contributed by atoms with Crippen LogP contribution in [0, 0.1) is 0 Å². The molecule has 0 aliphatic heterocycles. The number of anilines is 1. The first-order valence-corrected chi connectivity index (χ1v) is 7.85. The van der Waals surface area contributed by atoms with E-state index in [1.807, 2.05) is 0 Å². The molecule has 20 heavy (non-hydrogen) atoms. The molecule has 0 unspecified atom stereocenters. The lowest BCUT2D eigenvalue weighted by Gasteiger charge is -2.20. The minimum absolute atomic E-state index is 0.0570. The van der Waals surface area contributed by atoms with Crippen LogP contribution in [0.3, 0.4) is 0 Å². The van der Waals surface area contributed by atoms with E-state index in [1.54, 1.807) is 13.8 Å². The van der Waals surface area contributed by atoms with Crippen molar-refractivity contribution < 1.29 is 17.9 Å². The first-order chi connectivity index (χ1) is 9.32. The van der Waals surface area contributed by atoms with Crippen LogP contribution in [0.15, 0.2) is 23.1 Å². The maximum atomic E-state index is 12.5. The van der Waals surface area contributed by atoms with Crippen LogP contribution < -0.4 is 5.73 Å². The lowest BCUT2D eigenvalue weighted by atomic mass is 10.3. The van der Waals surface area contributed by atoms with Crippen LogP contribution in [-0.4, -0.2) is 38.4 Å². The number of hydrogen-bond donors (Lipinski definition) is 1. The Kier molecular flexibility index (Phi) is 5.79. The second-order valence-corrected chi connectivity index (χ2v) is 6.24. The van der Waals surface area contributed by atoms with Crippen LogP contribution in [0.1, 0.15) is 13.8 Å². The molecule has 0 aliphatic carbocycles. The number of nitrogens with zero attached hydrogens (tertiary/aromatic N) is 1. The summed E-state index contributed by atoms with van der Waals surface area (Å²) in [6.07, 6.45) is 0. The number of nitrogen functional groups attached to an aromatic ring is 1. The van der Waals surface area contributed by atoms with Gasteiger partial charge in [0.1, 0.15) is 11.4 Å². The van der Waals surface area contributed by atoms with Gasteiger partial charge in [0.25, 0.3) is 0 Å². The number of rotatable bonds is 6. The van der Waals surface area contributed by atoms with E-state index in [9.17, 15) is 13.2 Å². The molecule has 2 N–H and O–H groups in total. The number of sulfonamides is 1. The molecular formula is C12H17ClN2O4S. The van der Waals surface area contributed by atoms with Crippen molar-refractivity contribution in [2.75, 3.05) is 25.4 Å². The molecule has 112 valence electrons. The molecule has 8 heteroatoms. The second kappa shape index (κ2) is 6.92. The third-order valence-electron chi connectivity index (χ3n) is 2.54. The van der Waals surface area contributed by atoms with Crippen molar-refractivity contribution in [1.29, 1.82) is 0 Å². The summed E-state index contributed by atoms with van der Waals surface area (Å²) < 4.78 is 30.7. The summed E-state index contributed by atoms with van der Waals surface area (Å²) in [4.78, 5) is 11.3. The summed E-state index contributed by atoms with van der Waals surface area (Å²) in [5, 5.41) is 0.0570. The fourth-order valence-corrected chi connectivity index (χ4v) is 3.48. The van der Waals surface area contributed by atoms with Crippen LogP contribution in [0.5, 0.6) is 0 Å². The lowest BCUT2D eigenvalue weighted by molar-refractivity contribution is -0.143. The highest BCUT2D eigenvalue weighted by molar-refractivity contribution is 7.89. The molecule has 0 bridgehead atoms. The molecule has 0 spiro atoms. The molecule has 0 aromatic heterocycles. The minimum atomic E-state index is -3.90. The van der Waals surface area contributed by atoms with Crippen molar-refractivity contribution in [2.45, 2.75) is 18.7 Å². The van der Waals surface area contributed by atoms with Crippen LogP contribution >= 0.6 is 11.6 Å². The lowest BCUT2D eigenvalue weighted by Crippen LogP contribution is -2.36. The SMILES string of the molecule is CCOC(=O)CN(CC)S(=O)(=O)c1cc(N)ccc1Cl. The molecule has 0 aliphatic rings. The number of benzene rings is 1. The Bertz CT molecular complexity index is 589. The quantitative estimate of drug-likeness (QED) is 0.633. The Morgan fingerprint density at radius 3 is 2.60 bits per heavy atom. The standard InChI is InChI=1S/C12H17ClN2O4S/c1-3-15(8-12(16)19-4-2)20(17,18)11-7-9(14)5-6-10(11)13/h5-7H,3-4,8,14H2,1-2H3. The number of likely N-dealkylation sites (N-methyl/N-ethyl adjacent to an activating group) is 1. The van der Waals surface area contributed by atoms with Crippen LogP contribution in [0.2, 0.25) is 5.02 Å². The summed E-state index contributed by atoms with van der Waals surface area (Å²) in [6, 6.07) is 4.18. The number of carbonyl (C=O) groups excluding carboxylic acids is 1. The molecule has 1 rings (SSSR count). The Labute approximate surface area is 123 Å². The van der Waals surface area contributed by atoms with E-state index in [4.69, 9.17) is 22.1 Å². The monoisotopic (exact) mass is 320 g/mol. The second-order valence-electron chi connectivity index (χ2n) is 3.93. The van der Waals surface area contributed by atoms with Gasteiger partial charge in [-0.3, -0.25) is 4.79 Å². The molecule has 0 amide bonds. The van der Waals surface area contributed by atoms with E-state index in [2.05, 4.69) is 0 Å². The molecule has 0 fully saturated rings. The van der Waals surface area contributed by atoms with Gasteiger partial charge >= 0.3 is 5.97 Å². The van der Waals surface area contributed by atoms with Crippen LogP contribution in [0.4, 0.5) is 5.69 Å². The van der Waals surface area contributed by atoms with Gasteiger partial charge in [0, 0.05) is 12.2 Å². The zero-order valence-electron chi connectivity index (χ0n) is 11.3. The molecular weight excluding hydrogens is 304 g/mol. The van der Waals surface area contributed by atoms with Crippen molar-refractivity contribution in [3.63, 3.8) is 0 Å².